The topological polar surface area (TPSA) is 82.5 Å². The van der Waals surface area contributed by atoms with Gasteiger partial charge in [0, 0.05) is 23.0 Å². The molecule has 1 aromatic carbocycles. The average molecular weight is 252 g/mol. The lowest BCUT2D eigenvalue weighted by molar-refractivity contribution is 0.835. The van der Waals surface area contributed by atoms with E-state index >= 15 is 0 Å². The standard InChI is InChI=1S/C13H12N6/c1-9-5-12(16-7-15-9)19-8-17-13(18-19)10-3-2-4-11(14)6-10/h2-8H,14H2,1H3. The first-order valence-corrected chi connectivity index (χ1v) is 5.79. The zero-order chi connectivity index (χ0) is 13.2. The van der Waals surface area contributed by atoms with Gasteiger partial charge in [-0.15, -0.1) is 5.10 Å². The van der Waals surface area contributed by atoms with E-state index in [1.165, 1.54) is 6.33 Å². The Hall–Kier alpha value is -2.76. The molecular weight excluding hydrogens is 240 g/mol. The van der Waals surface area contributed by atoms with Crippen molar-refractivity contribution in [3.63, 3.8) is 0 Å². The molecule has 0 saturated carbocycles. The first-order valence-electron chi connectivity index (χ1n) is 5.79. The van der Waals surface area contributed by atoms with E-state index in [0.717, 1.165) is 11.3 Å². The van der Waals surface area contributed by atoms with Gasteiger partial charge in [0.2, 0.25) is 0 Å². The molecule has 3 aromatic rings. The molecule has 0 spiro atoms. The maximum Gasteiger partial charge on any atom is 0.181 e. The quantitative estimate of drug-likeness (QED) is 0.701. The van der Waals surface area contributed by atoms with E-state index in [-0.39, 0.29) is 0 Å². The third-order valence-electron chi connectivity index (χ3n) is 2.66. The molecule has 2 aromatic heterocycles. The second-order valence-electron chi connectivity index (χ2n) is 4.16. The van der Waals surface area contributed by atoms with Crippen LogP contribution in [0.1, 0.15) is 5.69 Å². The smallest absolute Gasteiger partial charge is 0.181 e. The van der Waals surface area contributed by atoms with Crippen molar-refractivity contribution in [1.29, 1.82) is 0 Å². The lowest BCUT2D eigenvalue weighted by Crippen LogP contribution is -1.99. The minimum Gasteiger partial charge on any atom is -0.399 e. The van der Waals surface area contributed by atoms with Crippen LogP contribution in [-0.2, 0) is 0 Å². The van der Waals surface area contributed by atoms with Gasteiger partial charge in [0.1, 0.15) is 12.7 Å². The van der Waals surface area contributed by atoms with Crippen LogP contribution in [0.2, 0.25) is 0 Å². The van der Waals surface area contributed by atoms with Crippen molar-refractivity contribution in [3.05, 3.63) is 48.7 Å². The van der Waals surface area contributed by atoms with Gasteiger partial charge >= 0.3 is 0 Å². The van der Waals surface area contributed by atoms with Gasteiger partial charge in [-0.2, -0.15) is 0 Å². The summed E-state index contributed by atoms with van der Waals surface area (Å²) in [5.41, 5.74) is 8.20. The van der Waals surface area contributed by atoms with Gasteiger partial charge in [0.05, 0.1) is 0 Å². The van der Waals surface area contributed by atoms with Gasteiger partial charge in [-0.1, -0.05) is 12.1 Å². The number of aromatic nitrogens is 5. The van der Waals surface area contributed by atoms with Crippen LogP contribution >= 0.6 is 0 Å². The van der Waals surface area contributed by atoms with E-state index in [0.29, 0.717) is 17.3 Å². The van der Waals surface area contributed by atoms with Crippen LogP contribution in [-0.4, -0.2) is 24.7 Å². The molecular formula is C13H12N6. The summed E-state index contributed by atoms with van der Waals surface area (Å²) in [7, 11) is 0. The second kappa shape index (κ2) is 4.49. The van der Waals surface area contributed by atoms with Gasteiger partial charge in [-0.25, -0.2) is 19.6 Å². The molecule has 94 valence electrons. The number of aryl methyl sites for hydroxylation is 1. The molecule has 0 saturated heterocycles. The van der Waals surface area contributed by atoms with Crippen LogP contribution in [0.3, 0.4) is 0 Å². The van der Waals surface area contributed by atoms with Crippen LogP contribution in [0.4, 0.5) is 5.69 Å². The molecule has 0 unspecified atom stereocenters. The summed E-state index contributed by atoms with van der Waals surface area (Å²) >= 11 is 0. The fourth-order valence-electron chi connectivity index (χ4n) is 1.75. The lowest BCUT2D eigenvalue weighted by Gasteiger charge is -1.99. The van der Waals surface area contributed by atoms with Gasteiger partial charge in [0.15, 0.2) is 11.6 Å². The summed E-state index contributed by atoms with van der Waals surface area (Å²) in [5, 5.41) is 4.39. The fourth-order valence-corrected chi connectivity index (χ4v) is 1.75. The zero-order valence-corrected chi connectivity index (χ0v) is 10.4. The van der Waals surface area contributed by atoms with Gasteiger partial charge in [-0.05, 0) is 19.1 Å². The Morgan fingerprint density at radius 1 is 1.11 bits per heavy atom. The molecule has 6 heteroatoms. The van der Waals surface area contributed by atoms with E-state index in [9.17, 15) is 0 Å². The highest BCUT2D eigenvalue weighted by atomic mass is 15.4. The van der Waals surface area contributed by atoms with Crippen LogP contribution < -0.4 is 5.73 Å². The summed E-state index contributed by atoms with van der Waals surface area (Å²) in [6.07, 6.45) is 3.13. The van der Waals surface area contributed by atoms with Crippen molar-refractivity contribution in [2.45, 2.75) is 6.92 Å². The van der Waals surface area contributed by atoms with Gasteiger partial charge in [-0.3, -0.25) is 0 Å². The average Bonchev–Trinajstić information content (AvgIpc) is 2.88. The highest BCUT2D eigenvalue weighted by Gasteiger charge is 2.06. The molecule has 0 bridgehead atoms. The van der Waals surface area contributed by atoms with E-state index in [1.54, 1.807) is 11.0 Å². The Balaban J connectivity index is 2.00. The Morgan fingerprint density at radius 3 is 2.79 bits per heavy atom. The third kappa shape index (κ3) is 2.28. The molecule has 0 fully saturated rings. The Morgan fingerprint density at radius 2 is 2.00 bits per heavy atom. The number of benzene rings is 1. The first-order chi connectivity index (χ1) is 9.22. The lowest BCUT2D eigenvalue weighted by atomic mass is 10.2. The summed E-state index contributed by atoms with van der Waals surface area (Å²) < 4.78 is 1.62. The maximum atomic E-state index is 5.75. The fraction of sp³-hybridized carbons (Fsp3) is 0.0769. The molecule has 2 N–H and O–H groups in total. The molecule has 0 aliphatic carbocycles. The number of rotatable bonds is 2. The highest BCUT2D eigenvalue weighted by Crippen LogP contribution is 2.17. The molecule has 3 rings (SSSR count). The number of nitrogens with zero attached hydrogens (tertiary/aromatic N) is 5. The maximum absolute atomic E-state index is 5.75. The highest BCUT2D eigenvalue weighted by molar-refractivity contribution is 5.60. The molecule has 6 nitrogen and oxygen atoms in total. The number of hydrogen-bond acceptors (Lipinski definition) is 5. The molecule has 0 amide bonds. The third-order valence-corrected chi connectivity index (χ3v) is 2.66. The van der Waals surface area contributed by atoms with Gasteiger partial charge < -0.3 is 5.73 Å². The monoisotopic (exact) mass is 252 g/mol. The summed E-state index contributed by atoms with van der Waals surface area (Å²) in [5.74, 6) is 1.30. The van der Waals surface area contributed by atoms with Gasteiger partial charge in [0.25, 0.3) is 0 Å². The van der Waals surface area contributed by atoms with Crippen molar-refractivity contribution >= 4 is 5.69 Å². The number of anilines is 1. The Labute approximate surface area is 110 Å². The minimum absolute atomic E-state index is 0.614. The van der Waals surface area contributed by atoms with E-state index in [4.69, 9.17) is 5.73 Å². The Bertz CT molecular complexity index is 658. The largest absolute Gasteiger partial charge is 0.399 e. The minimum atomic E-state index is 0.614. The van der Waals surface area contributed by atoms with E-state index < -0.39 is 0 Å². The predicted molar refractivity (Wildman–Crippen MR) is 71.5 cm³/mol. The molecule has 0 radical (unpaired) electrons. The van der Waals surface area contributed by atoms with Crippen LogP contribution in [0.5, 0.6) is 0 Å². The number of hydrogen-bond donors (Lipinski definition) is 1. The molecule has 2 heterocycles. The molecule has 0 aliphatic heterocycles. The summed E-state index contributed by atoms with van der Waals surface area (Å²) in [6, 6.07) is 9.30. The number of nitrogen functional groups attached to an aromatic ring is 1. The molecule has 0 atom stereocenters. The van der Waals surface area contributed by atoms with Crippen LogP contribution in [0, 0.1) is 6.92 Å². The van der Waals surface area contributed by atoms with Crippen molar-refractivity contribution in [2.24, 2.45) is 0 Å². The molecule has 0 aliphatic rings. The normalized spacial score (nSPS) is 10.6. The Kier molecular flexibility index (Phi) is 2.68. The van der Waals surface area contributed by atoms with Crippen LogP contribution in [0.25, 0.3) is 17.2 Å². The SMILES string of the molecule is Cc1cc(-n2cnc(-c3cccc(N)c3)n2)ncn1. The van der Waals surface area contributed by atoms with Crippen molar-refractivity contribution < 1.29 is 0 Å². The zero-order valence-electron chi connectivity index (χ0n) is 10.4. The summed E-state index contributed by atoms with van der Waals surface area (Å²) in [6.45, 7) is 1.90. The second-order valence-corrected chi connectivity index (χ2v) is 4.16. The van der Waals surface area contributed by atoms with Crippen molar-refractivity contribution in [1.82, 2.24) is 24.7 Å². The first kappa shape index (κ1) is 11.3. The molecule has 19 heavy (non-hydrogen) atoms. The van der Waals surface area contributed by atoms with Crippen LogP contribution in [0.15, 0.2) is 43.0 Å². The van der Waals surface area contributed by atoms with Crippen molar-refractivity contribution in [3.8, 4) is 17.2 Å². The summed E-state index contributed by atoms with van der Waals surface area (Å²) in [4.78, 5) is 12.5. The predicted octanol–water partition coefficient (Wildman–Crippen LogP) is 1.61. The van der Waals surface area contributed by atoms with E-state index in [2.05, 4.69) is 20.1 Å². The number of nitrogens with two attached hydrogens (primary N) is 1. The van der Waals surface area contributed by atoms with Crippen molar-refractivity contribution in [2.75, 3.05) is 5.73 Å². The van der Waals surface area contributed by atoms with E-state index in [1.807, 2.05) is 37.3 Å².